The third kappa shape index (κ3) is 2.94. The van der Waals surface area contributed by atoms with Gasteiger partial charge in [0.1, 0.15) is 19.4 Å². The number of benzene rings is 1. The Morgan fingerprint density at radius 2 is 2.10 bits per heavy atom. The maximum absolute atomic E-state index is 6.06. The Morgan fingerprint density at radius 1 is 1.24 bits per heavy atom. The van der Waals surface area contributed by atoms with E-state index in [0.29, 0.717) is 11.4 Å². The third-order valence-corrected chi connectivity index (χ3v) is 3.40. The van der Waals surface area contributed by atoms with Gasteiger partial charge in [-0.3, -0.25) is 0 Å². The van der Waals surface area contributed by atoms with Gasteiger partial charge in [-0.25, -0.2) is 4.98 Å². The molecule has 21 heavy (non-hydrogen) atoms. The van der Waals surface area contributed by atoms with Crippen LogP contribution >= 0.6 is 0 Å². The molecule has 0 amide bonds. The number of aryl methyl sites for hydroxylation is 2. The number of hydrogen-bond donors (Lipinski definition) is 2. The number of aromatic nitrogens is 2. The Hall–Kier alpha value is -2.24. The Morgan fingerprint density at radius 3 is 2.90 bits per heavy atom. The van der Waals surface area contributed by atoms with Crippen molar-refractivity contribution >= 4 is 30.8 Å². The number of nitrogens with one attached hydrogen (secondary N) is 2. The van der Waals surface area contributed by atoms with Gasteiger partial charge in [0.15, 0.2) is 0 Å². The highest BCUT2D eigenvalue weighted by Gasteiger charge is 2.14. The van der Waals surface area contributed by atoms with Gasteiger partial charge in [-0.2, -0.15) is 4.98 Å². The summed E-state index contributed by atoms with van der Waals surface area (Å²) in [6.07, 6.45) is 1.99. The van der Waals surface area contributed by atoms with Crippen molar-refractivity contribution in [1.82, 2.24) is 9.97 Å². The second kappa shape index (κ2) is 5.64. The summed E-state index contributed by atoms with van der Waals surface area (Å²) in [5, 5.41) is 6.23. The summed E-state index contributed by atoms with van der Waals surface area (Å²) in [6.45, 7) is 2.67. The van der Waals surface area contributed by atoms with Gasteiger partial charge in [0.2, 0.25) is 5.95 Å². The van der Waals surface area contributed by atoms with Crippen molar-refractivity contribution in [3.63, 3.8) is 0 Å². The molecule has 1 aromatic carbocycles. The summed E-state index contributed by atoms with van der Waals surface area (Å²) in [7, 11) is 7.90. The van der Waals surface area contributed by atoms with E-state index in [-0.39, 0.29) is 0 Å². The fraction of sp³-hybridized carbons (Fsp3) is 0.333. The lowest BCUT2D eigenvalue weighted by Gasteiger charge is -2.21. The van der Waals surface area contributed by atoms with Crippen LogP contribution in [-0.2, 0) is 6.42 Å². The topological polar surface area (TPSA) is 59.1 Å². The Bertz CT molecular complexity index is 675. The molecule has 0 saturated heterocycles. The van der Waals surface area contributed by atoms with E-state index >= 15 is 0 Å². The number of nitrogens with zero attached hydrogens (tertiary/aromatic N) is 2. The highest BCUT2D eigenvalue weighted by Crippen LogP contribution is 2.26. The molecule has 0 unspecified atom stereocenters. The van der Waals surface area contributed by atoms with Crippen LogP contribution in [0.5, 0.6) is 5.75 Å². The normalized spacial score (nSPS) is 13.2. The van der Waals surface area contributed by atoms with E-state index in [0.717, 1.165) is 48.0 Å². The minimum Gasteiger partial charge on any atom is -0.494 e. The molecule has 2 N–H and O–H groups in total. The predicted octanol–water partition coefficient (Wildman–Crippen LogP) is 1.69. The average Bonchev–Trinajstić information content (AvgIpc) is 2.46. The number of anilines is 3. The van der Waals surface area contributed by atoms with Crippen molar-refractivity contribution < 1.29 is 4.74 Å². The summed E-state index contributed by atoms with van der Waals surface area (Å²) < 4.78 is 5.62. The molecule has 0 bridgehead atoms. The van der Waals surface area contributed by atoms with Crippen LogP contribution < -0.4 is 20.8 Å². The van der Waals surface area contributed by atoms with Crippen molar-refractivity contribution in [2.24, 2.45) is 0 Å². The Labute approximate surface area is 125 Å². The van der Waals surface area contributed by atoms with Gasteiger partial charge in [0.25, 0.3) is 0 Å². The molecule has 2 radical (unpaired) electrons. The largest absolute Gasteiger partial charge is 0.494 e. The molecule has 0 spiro atoms. The second-order valence-electron chi connectivity index (χ2n) is 5.10. The van der Waals surface area contributed by atoms with Crippen LogP contribution in [0.25, 0.3) is 0 Å². The highest BCUT2D eigenvalue weighted by molar-refractivity contribution is 6.34. The second-order valence-corrected chi connectivity index (χ2v) is 5.10. The van der Waals surface area contributed by atoms with Gasteiger partial charge in [0.05, 0.1) is 6.61 Å². The van der Waals surface area contributed by atoms with Gasteiger partial charge in [0, 0.05) is 24.5 Å². The maximum Gasteiger partial charge on any atom is 0.229 e. The standard InChI is InChI=1S/C15H17BN4O/c1-9-6-13(17-2)20-15(18-9)19-11-7-10-4-3-5-21-14(10)12(16)8-11/h6-8H,3-5H2,1-2H3,(H2,17,18,19,20). The van der Waals surface area contributed by atoms with E-state index in [4.69, 9.17) is 12.6 Å². The zero-order valence-corrected chi connectivity index (χ0v) is 12.2. The number of ether oxygens (including phenoxy) is 1. The molecule has 5 nitrogen and oxygen atoms in total. The van der Waals surface area contributed by atoms with Crippen LogP contribution in [0.1, 0.15) is 17.7 Å². The van der Waals surface area contributed by atoms with E-state index in [1.807, 2.05) is 26.1 Å². The van der Waals surface area contributed by atoms with E-state index < -0.39 is 0 Å². The molecule has 1 aliphatic heterocycles. The molecule has 0 saturated carbocycles. The van der Waals surface area contributed by atoms with Crippen LogP contribution in [0.2, 0.25) is 0 Å². The van der Waals surface area contributed by atoms with Gasteiger partial charge in [-0.05, 0) is 37.5 Å². The van der Waals surface area contributed by atoms with E-state index in [1.165, 1.54) is 0 Å². The van der Waals surface area contributed by atoms with Crippen LogP contribution in [0.3, 0.4) is 0 Å². The van der Waals surface area contributed by atoms with Gasteiger partial charge in [-0.15, -0.1) is 0 Å². The lowest BCUT2D eigenvalue weighted by atomic mass is 9.89. The van der Waals surface area contributed by atoms with Crippen LogP contribution in [0.15, 0.2) is 18.2 Å². The molecular formula is C15H17BN4O. The quantitative estimate of drug-likeness (QED) is 0.838. The van der Waals surface area contributed by atoms with Crippen LogP contribution in [-0.4, -0.2) is 31.5 Å². The molecule has 0 aliphatic carbocycles. The lowest BCUT2D eigenvalue weighted by molar-refractivity contribution is 0.291. The first-order valence-electron chi connectivity index (χ1n) is 7.01. The number of rotatable bonds is 3. The van der Waals surface area contributed by atoms with Gasteiger partial charge < -0.3 is 15.4 Å². The molecule has 2 aromatic rings. The Kier molecular flexibility index (Phi) is 3.69. The van der Waals surface area contributed by atoms with E-state index in [1.54, 1.807) is 0 Å². The van der Waals surface area contributed by atoms with Crippen molar-refractivity contribution in [3.05, 3.63) is 29.5 Å². The number of fused-ring (bicyclic) bond motifs is 1. The first-order valence-corrected chi connectivity index (χ1v) is 7.01. The molecule has 1 aliphatic rings. The SMILES string of the molecule is [B]c1cc(Nc2nc(C)cc(NC)n2)cc2c1OCCC2. The lowest BCUT2D eigenvalue weighted by Crippen LogP contribution is -2.18. The summed E-state index contributed by atoms with van der Waals surface area (Å²) in [6, 6.07) is 5.80. The first-order chi connectivity index (χ1) is 10.2. The fourth-order valence-corrected chi connectivity index (χ4v) is 2.47. The molecule has 6 heteroatoms. The van der Waals surface area contributed by atoms with Gasteiger partial charge in [-0.1, -0.05) is 5.46 Å². The summed E-state index contributed by atoms with van der Waals surface area (Å²) in [4.78, 5) is 8.77. The molecular weight excluding hydrogens is 263 g/mol. The van der Waals surface area contributed by atoms with Crippen molar-refractivity contribution in [2.45, 2.75) is 19.8 Å². The first kappa shape index (κ1) is 13.7. The molecule has 106 valence electrons. The van der Waals surface area contributed by atoms with E-state index in [9.17, 15) is 0 Å². The zero-order valence-electron chi connectivity index (χ0n) is 12.2. The highest BCUT2D eigenvalue weighted by atomic mass is 16.5. The predicted molar refractivity (Wildman–Crippen MR) is 85.2 cm³/mol. The zero-order chi connectivity index (χ0) is 14.8. The monoisotopic (exact) mass is 280 g/mol. The average molecular weight is 280 g/mol. The minimum atomic E-state index is 0.551. The Balaban J connectivity index is 1.91. The maximum atomic E-state index is 6.06. The molecule has 0 atom stereocenters. The smallest absolute Gasteiger partial charge is 0.229 e. The van der Waals surface area contributed by atoms with Crippen molar-refractivity contribution in [2.75, 3.05) is 24.3 Å². The van der Waals surface area contributed by atoms with Crippen LogP contribution in [0, 0.1) is 6.92 Å². The molecule has 0 fully saturated rings. The third-order valence-electron chi connectivity index (χ3n) is 3.40. The summed E-state index contributed by atoms with van der Waals surface area (Å²) in [5.41, 5.74) is 3.55. The number of hydrogen-bond acceptors (Lipinski definition) is 5. The van der Waals surface area contributed by atoms with Crippen LogP contribution in [0.4, 0.5) is 17.5 Å². The minimum absolute atomic E-state index is 0.551. The summed E-state index contributed by atoms with van der Waals surface area (Å²) in [5.74, 6) is 2.14. The molecule has 1 aromatic heterocycles. The molecule has 3 rings (SSSR count). The summed E-state index contributed by atoms with van der Waals surface area (Å²) >= 11 is 0. The van der Waals surface area contributed by atoms with E-state index in [2.05, 4.69) is 26.7 Å². The van der Waals surface area contributed by atoms with Gasteiger partial charge >= 0.3 is 0 Å². The molecule has 2 heterocycles. The van der Waals surface area contributed by atoms with Crippen molar-refractivity contribution in [1.29, 1.82) is 0 Å². The van der Waals surface area contributed by atoms with Crippen molar-refractivity contribution in [3.8, 4) is 5.75 Å². The fourth-order valence-electron chi connectivity index (χ4n) is 2.47.